The van der Waals surface area contributed by atoms with E-state index in [9.17, 15) is 15.0 Å². The van der Waals surface area contributed by atoms with Gasteiger partial charge in [0.25, 0.3) is 0 Å². The first-order chi connectivity index (χ1) is 11.1. The molecule has 0 aliphatic rings. The Labute approximate surface area is 133 Å². The molecular weight excluding hydrogens is 292 g/mol. The second kappa shape index (κ2) is 6.36. The summed E-state index contributed by atoms with van der Waals surface area (Å²) in [5, 5.41) is 24.6. The van der Waals surface area contributed by atoms with Crippen molar-refractivity contribution in [2.45, 2.75) is 18.6 Å². The molecule has 0 saturated heterocycles. The number of ether oxygens (including phenoxy) is 1. The number of fused-ring (bicyclic) bond motifs is 3. The zero-order valence-corrected chi connectivity index (χ0v) is 12.8. The Balaban J connectivity index is 2.13. The third kappa shape index (κ3) is 2.91. The highest BCUT2D eigenvalue weighted by molar-refractivity contribution is 6.09. The Morgan fingerprint density at radius 1 is 1.00 bits per heavy atom. The van der Waals surface area contributed by atoms with Crippen molar-refractivity contribution in [2.75, 3.05) is 7.11 Å². The number of rotatable bonds is 4. The minimum absolute atomic E-state index is 0.251. The van der Waals surface area contributed by atoms with Gasteiger partial charge in [-0.2, -0.15) is 0 Å². The summed E-state index contributed by atoms with van der Waals surface area (Å²) >= 11 is 0. The molecule has 0 aliphatic carbocycles. The maximum absolute atomic E-state index is 11.3. The smallest absolute Gasteiger partial charge is 0.308 e. The van der Waals surface area contributed by atoms with Crippen LogP contribution in [0.25, 0.3) is 21.5 Å². The molecule has 23 heavy (non-hydrogen) atoms. The van der Waals surface area contributed by atoms with Crippen molar-refractivity contribution in [2.24, 2.45) is 0 Å². The predicted octanol–water partition coefficient (Wildman–Crippen LogP) is 2.95. The summed E-state index contributed by atoms with van der Waals surface area (Å²) < 4.78 is 4.55. The van der Waals surface area contributed by atoms with Crippen LogP contribution in [0.4, 0.5) is 0 Å². The molecule has 2 N–H and O–H groups in total. The molecule has 4 nitrogen and oxygen atoms in total. The number of aliphatic hydroxyl groups excluding tert-OH is 2. The molecule has 0 bridgehead atoms. The highest BCUT2D eigenvalue weighted by atomic mass is 16.5. The Morgan fingerprint density at radius 3 is 2.30 bits per heavy atom. The number of aliphatic hydroxyl groups is 2. The summed E-state index contributed by atoms with van der Waals surface area (Å²) in [4.78, 5) is 11.3. The minimum Gasteiger partial charge on any atom is -0.469 e. The van der Waals surface area contributed by atoms with E-state index in [-0.39, 0.29) is 6.42 Å². The van der Waals surface area contributed by atoms with Gasteiger partial charge in [0.05, 0.1) is 19.6 Å². The predicted molar refractivity (Wildman–Crippen MR) is 89.1 cm³/mol. The van der Waals surface area contributed by atoms with Crippen LogP contribution < -0.4 is 0 Å². The Bertz CT molecular complexity index is 856. The van der Waals surface area contributed by atoms with Gasteiger partial charge in [-0.15, -0.1) is 0 Å². The van der Waals surface area contributed by atoms with Gasteiger partial charge in [0.2, 0.25) is 0 Å². The zero-order chi connectivity index (χ0) is 16.4. The first kappa shape index (κ1) is 15.5. The SMILES string of the molecule is COC(=O)CC(O)C(O)c1cc2ccccc2c2ccccc12. The maximum atomic E-state index is 11.3. The van der Waals surface area contributed by atoms with Gasteiger partial charge in [0.1, 0.15) is 6.10 Å². The molecule has 0 heterocycles. The number of carbonyl (C=O) groups excluding carboxylic acids is 1. The van der Waals surface area contributed by atoms with Gasteiger partial charge in [0.15, 0.2) is 0 Å². The van der Waals surface area contributed by atoms with Crippen molar-refractivity contribution in [3.8, 4) is 0 Å². The quantitative estimate of drug-likeness (QED) is 0.574. The summed E-state index contributed by atoms with van der Waals surface area (Å²) in [5.41, 5.74) is 0.607. The molecule has 4 heteroatoms. The van der Waals surface area contributed by atoms with E-state index in [4.69, 9.17) is 0 Å². The largest absolute Gasteiger partial charge is 0.469 e. The molecule has 2 unspecified atom stereocenters. The van der Waals surface area contributed by atoms with Gasteiger partial charge in [0, 0.05) is 0 Å². The summed E-state index contributed by atoms with van der Waals surface area (Å²) in [7, 11) is 1.26. The second-order valence-electron chi connectivity index (χ2n) is 5.52. The van der Waals surface area contributed by atoms with Crippen molar-refractivity contribution >= 4 is 27.5 Å². The van der Waals surface area contributed by atoms with Crippen molar-refractivity contribution < 1.29 is 19.7 Å². The van der Waals surface area contributed by atoms with Gasteiger partial charge in [-0.3, -0.25) is 4.79 Å². The van der Waals surface area contributed by atoms with Crippen molar-refractivity contribution in [1.29, 1.82) is 0 Å². The molecule has 3 aromatic carbocycles. The van der Waals surface area contributed by atoms with E-state index < -0.39 is 18.2 Å². The molecular formula is C19H18O4. The fourth-order valence-corrected chi connectivity index (χ4v) is 2.90. The third-order valence-corrected chi connectivity index (χ3v) is 4.09. The Morgan fingerprint density at radius 2 is 1.61 bits per heavy atom. The van der Waals surface area contributed by atoms with Crippen LogP contribution in [0.15, 0.2) is 54.6 Å². The van der Waals surface area contributed by atoms with E-state index >= 15 is 0 Å². The van der Waals surface area contributed by atoms with Gasteiger partial charge in [-0.05, 0) is 33.2 Å². The lowest BCUT2D eigenvalue weighted by Gasteiger charge is -2.20. The highest BCUT2D eigenvalue weighted by Gasteiger charge is 2.24. The lowest BCUT2D eigenvalue weighted by molar-refractivity contribution is -0.144. The fraction of sp³-hybridized carbons (Fsp3) is 0.211. The van der Waals surface area contributed by atoms with E-state index in [1.165, 1.54) is 7.11 Å². The van der Waals surface area contributed by atoms with E-state index in [1.807, 2.05) is 54.6 Å². The van der Waals surface area contributed by atoms with Crippen LogP contribution in [0.5, 0.6) is 0 Å². The number of benzene rings is 3. The number of methoxy groups -OCH3 is 1. The van der Waals surface area contributed by atoms with Crippen LogP contribution in [0.1, 0.15) is 18.1 Å². The van der Waals surface area contributed by atoms with Gasteiger partial charge < -0.3 is 14.9 Å². The molecule has 0 amide bonds. The second-order valence-corrected chi connectivity index (χ2v) is 5.52. The molecule has 118 valence electrons. The van der Waals surface area contributed by atoms with Crippen molar-refractivity contribution in [3.05, 3.63) is 60.2 Å². The average molecular weight is 310 g/mol. The Hall–Kier alpha value is -2.43. The topological polar surface area (TPSA) is 66.8 Å². The van der Waals surface area contributed by atoms with E-state index in [0.717, 1.165) is 21.5 Å². The highest BCUT2D eigenvalue weighted by Crippen LogP contribution is 2.33. The molecule has 0 saturated carbocycles. The fourth-order valence-electron chi connectivity index (χ4n) is 2.90. The van der Waals surface area contributed by atoms with Crippen LogP contribution in [-0.4, -0.2) is 29.4 Å². The normalized spacial score (nSPS) is 13.9. The lowest BCUT2D eigenvalue weighted by Crippen LogP contribution is -2.22. The summed E-state index contributed by atoms with van der Waals surface area (Å²) in [6.45, 7) is 0. The number of hydrogen-bond donors (Lipinski definition) is 2. The van der Waals surface area contributed by atoms with Crippen LogP contribution in [0.3, 0.4) is 0 Å². The molecule has 0 fully saturated rings. The standard InChI is InChI=1S/C19H18O4/c1-23-18(21)11-17(20)19(22)16-10-12-6-2-3-7-13(12)14-8-4-5-9-15(14)16/h2-10,17,19-20,22H,11H2,1H3. The molecule has 0 aliphatic heterocycles. The molecule has 0 spiro atoms. The molecule has 0 aromatic heterocycles. The lowest BCUT2D eigenvalue weighted by atomic mass is 9.92. The molecule has 3 aromatic rings. The van der Waals surface area contributed by atoms with Crippen molar-refractivity contribution in [3.63, 3.8) is 0 Å². The molecule has 3 rings (SSSR count). The van der Waals surface area contributed by atoms with Crippen LogP contribution in [0, 0.1) is 0 Å². The number of esters is 1. The van der Waals surface area contributed by atoms with Gasteiger partial charge >= 0.3 is 5.97 Å². The van der Waals surface area contributed by atoms with E-state index in [2.05, 4.69) is 4.74 Å². The molecule has 2 atom stereocenters. The molecule has 0 radical (unpaired) electrons. The Kier molecular flexibility index (Phi) is 4.28. The average Bonchev–Trinajstić information content (AvgIpc) is 2.60. The first-order valence-corrected chi connectivity index (χ1v) is 7.45. The maximum Gasteiger partial charge on any atom is 0.308 e. The van der Waals surface area contributed by atoms with Crippen LogP contribution in [-0.2, 0) is 9.53 Å². The van der Waals surface area contributed by atoms with Crippen LogP contribution in [0.2, 0.25) is 0 Å². The first-order valence-electron chi connectivity index (χ1n) is 7.45. The number of carbonyl (C=O) groups is 1. The third-order valence-electron chi connectivity index (χ3n) is 4.09. The van der Waals surface area contributed by atoms with Crippen LogP contribution >= 0.6 is 0 Å². The minimum atomic E-state index is -1.22. The number of hydrogen-bond acceptors (Lipinski definition) is 4. The summed E-state index contributed by atoms with van der Waals surface area (Å²) in [6, 6.07) is 17.5. The van der Waals surface area contributed by atoms with Gasteiger partial charge in [-0.25, -0.2) is 0 Å². The summed E-state index contributed by atoms with van der Waals surface area (Å²) in [6.07, 6.45) is -2.63. The van der Waals surface area contributed by atoms with E-state index in [0.29, 0.717) is 5.56 Å². The monoisotopic (exact) mass is 310 g/mol. The van der Waals surface area contributed by atoms with Crippen molar-refractivity contribution in [1.82, 2.24) is 0 Å². The zero-order valence-electron chi connectivity index (χ0n) is 12.8. The van der Waals surface area contributed by atoms with Gasteiger partial charge in [-0.1, -0.05) is 48.5 Å². The van der Waals surface area contributed by atoms with E-state index in [1.54, 1.807) is 0 Å². The summed E-state index contributed by atoms with van der Waals surface area (Å²) in [5.74, 6) is -0.554.